The number of rotatable bonds is 6. The van der Waals surface area contributed by atoms with Gasteiger partial charge < -0.3 is 14.2 Å². The van der Waals surface area contributed by atoms with Crippen molar-refractivity contribution < 1.29 is 14.1 Å². The van der Waals surface area contributed by atoms with Crippen molar-refractivity contribution in [2.45, 2.75) is 27.0 Å². The van der Waals surface area contributed by atoms with Crippen molar-refractivity contribution in [3.63, 3.8) is 0 Å². The van der Waals surface area contributed by atoms with Crippen LogP contribution in [-0.4, -0.2) is 39.6 Å². The van der Waals surface area contributed by atoms with Crippen LogP contribution in [0.1, 0.15) is 34.7 Å². The topological polar surface area (TPSA) is 81.4 Å². The SMILES string of the molecule is CCN(Cc1nc(COC)no1)C(=O)c1cccnc1C. The lowest BCUT2D eigenvalue weighted by atomic mass is 10.2. The molecule has 0 radical (unpaired) electrons. The van der Waals surface area contributed by atoms with Crippen LogP contribution in [0.2, 0.25) is 0 Å². The van der Waals surface area contributed by atoms with Gasteiger partial charge in [-0.15, -0.1) is 0 Å². The van der Waals surface area contributed by atoms with Crippen LogP contribution >= 0.6 is 0 Å². The lowest BCUT2D eigenvalue weighted by Crippen LogP contribution is -2.31. The Hall–Kier alpha value is -2.28. The average Bonchev–Trinajstić information content (AvgIpc) is 2.92. The van der Waals surface area contributed by atoms with Crippen LogP contribution in [0.5, 0.6) is 0 Å². The summed E-state index contributed by atoms with van der Waals surface area (Å²) in [5.74, 6) is 0.752. The molecule has 0 aliphatic heterocycles. The highest BCUT2D eigenvalue weighted by Crippen LogP contribution is 2.11. The van der Waals surface area contributed by atoms with E-state index in [4.69, 9.17) is 9.26 Å². The molecule has 112 valence electrons. The highest BCUT2D eigenvalue weighted by Gasteiger charge is 2.19. The van der Waals surface area contributed by atoms with Gasteiger partial charge in [-0.1, -0.05) is 5.16 Å². The Bertz CT molecular complexity index is 612. The maximum absolute atomic E-state index is 12.5. The summed E-state index contributed by atoms with van der Waals surface area (Å²) < 4.78 is 10.0. The van der Waals surface area contributed by atoms with Gasteiger partial charge in [0.25, 0.3) is 5.91 Å². The Morgan fingerprint density at radius 3 is 2.95 bits per heavy atom. The fourth-order valence-corrected chi connectivity index (χ4v) is 1.91. The van der Waals surface area contributed by atoms with Gasteiger partial charge >= 0.3 is 0 Å². The van der Waals surface area contributed by atoms with Crippen LogP contribution in [0.15, 0.2) is 22.9 Å². The number of hydrogen-bond acceptors (Lipinski definition) is 6. The molecule has 7 nitrogen and oxygen atoms in total. The Labute approximate surface area is 122 Å². The van der Waals surface area contributed by atoms with E-state index in [0.29, 0.717) is 29.5 Å². The molecule has 0 saturated heterocycles. The highest BCUT2D eigenvalue weighted by atomic mass is 16.5. The fraction of sp³-hybridized carbons (Fsp3) is 0.429. The summed E-state index contributed by atoms with van der Waals surface area (Å²) in [4.78, 5) is 22.4. The number of carbonyl (C=O) groups is 1. The van der Waals surface area contributed by atoms with Crippen LogP contribution in [0.4, 0.5) is 0 Å². The lowest BCUT2D eigenvalue weighted by Gasteiger charge is -2.19. The zero-order valence-electron chi connectivity index (χ0n) is 12.4. The number of carbonyl (C=O) groups excluding carboxylic acids is 1. The lowest BCUT2D eigenvalue weighted by molar-refractivity contribution is 0.0733. The molecule has 7 heteroatoms. The molecule has 0 spiro atoms. The first kappa shape index (κ1) is 15.1. The summed E-state index contributed by atoms with van der Waals surface area (Å²) in [7, 11) is 1.56. The van der Waals surface area contributed by atoms with Gasteiger partial charge in [0.15, 0.2) is 5.82 Å². The molecule has 2 aromatic rings. The quantitative estimate of drug-likeness (QED) is 0.803. The molecule has 2 aromatic heterocycles. The summed E-state index contributed by atoms with van der Waals surface area (Å²) >= 11 is 0. The van der Waals surface area contributed by atoms with Gasteiger partial charge in [-0.05, 0) is 26.0 Å². The summed E-state index contributed by atoms with van der Waals surface area (Å²) in [5, 5.41) is 3.78. The predicted molar refractivity (Wildman–Crippen MR) is 74.4 cm³/mol. The summed E-state index contributed by atoms with van der Waals surface area (Å²) in [6.45, 7) is 4.79. The third-order valence-electron chi connectivity index (χ3n) is 3.02. The molecule has 0 aliphatic carbocycles. The molecule has 2 rings (SSSR count). The van der Waals surface area contributed by atoms with E-state index in [1.807, 2.05) is 13.8 Å². The van der Waals surface area contributed by atoms with Crippen molar-refractivity contribution in [3.8, 4) is 0 Å². The minimum absolute atomic E-state index is 0.102. The molecule has 0 bridgehead atoms. The van der Waals surface area contributed by atoms with Crippen LogP contribution in [0.3, 0.4) is 0 Å². The number of amides is 1. The van der Waals surface area contributed by atoms with E-state index in [1.165, 1.54) is 0 Å². The minimum atomic E-state index is -0.102. The Kier molecular flexibility index (Phi) is 4.99. The summed E-state index contributed by atoms with van der Waals surface area (Å²) in [5.41, 5.74) is 1.28. The van der Waals surface area contributed by atoms with Crippen LogP contribution < -0.4 is 0 Å². The maximum Gasteiger partial charge on any atom is 0.256 e. The second-order valence-corrected chi connectivity index (χ2v) is 4.49. The predicted octanol–water partition coefficient (Wildman–Crippen LogP) is 1.58. The molecule has 0 atom stereocenters. The van der Waals surface area contributed by atoms with Crippen LogP contribution in [0.25, 0.3) is 0 Å². The second kappa shape index (κ2) is 6.94. The van der Waals surface area contributed by atoms with E-state index < -0.39 is 0 Å². The van der Waals surface area contributed by atoms with E-state index >= 15 is 0 Å². The van der Waals surface area contributed by atoms with Gasteiger partial charge in [-0.2, -0.15) is 4.98 Å². The zero-order valence-corrected chi connectivity index (χ0v) is 12.4. The molecule has 0 N–H and O–H groups in total. The Morgan fingerprint density at radius 2 is 2.29 bits per heavy atom. The zero-order chi connectivity index (χ0) is 15.2. The van der Waals surface area contributed by atoms with Crippen LogP contribution in [0, 0.1) is 6.92 Å². The first-order valence-electron chi connectivity index (χ1n) is 6.67. The first-order chi connectivity index (χ1) is 10.2. The van der Waals surface area contributed by atoms with E-state index in [9.17, 15) is 4.79 Å². The van der Waals surface area contributed by atoms with Crippen molar-refractivity contribution in [1.82, 2.24) is 20.0 Å². The minimum Gasteiger partial charge on any atom is -0.377 e. The van der Waals surface area contributed by atoms with E-state index in [-0.39, 0.29) is 19.1 Å². The van der Waals surface area contributed by atoms with E-state index in [2.05, 4.69) is 15.1 Å². The van der Waals surface area contributed by atoms with E-state index in [1.54, 1.807) is 30.3 Å². The van der Waals surface area contributed by atoms with Crippen LogP contribution in [-0.2, 0) is 17.9 Å². The average molecular weight is 290 g/mol. The molecule has 0 fully saturated rings. The number of aryl methyl sites for hydroxylation is 1. The smallest absolute Gasteiger partial charge is 0.256 e. The first-order valence-corrected chi connectivity index (χ1v) is 6.67. The molecular weight excluding hydrogens is 272 g/mol. The number of methoxy groups -OCH3 is 1. The molecule has 2 heterocycles. The standard InChI is InChI=1S/C14H18N4O3/c1-4-18(8-13-16-12(9-20-3)17-21-13)14(19)11-6-5-7-15-10(11)2/h5-7H,4,8-9H2,1-3H3. The number of hydrogen-bond donors (Lipinski definition) is 0. The molecule has 0 aromatic carbocycles. The third-order valence-corrected chi connectivity index (χ3v) is 3.02. The number of nitrogens with zero attached hydrogens (tertiary/aromatic N) is 4. The van der Waals surface area contributed by atoms with Gasteiger partial charge in [-0.3, -0.25) is 9.78 Å². The van der Waals surface area contributed by atoms with Crippen molar-refractivity contribution in [3.05, 3.63) is 41.3 Å². The van der Waals surface area contributed by atoms with Gasteiger partial charge in [0.05, 0.1) is 5.56 Å². The fourth-order valence-electron chi connectivity index (χ4n) is 1.91. The molecule has 0 saturated carbocycles. The maximum atomic E-state index is 12.5. The van der Waals surface area contributed by atoms with Crippen molar-refractivity contribution in [1.29, 1.82) is 0 Å². The molecule has 1 amide bonds. The second-order valence-electron chi connectivity index (χ2n) is 4.49. The number of pyridine rings is 1. The van der Waals surface area contributed by atoms with Crippen molar-refractivity contribution >= 4 is 5.91 Å². The van der Waals surface area contributed by atoms with E-state index in [0.717, 1.165) is 0 Å². The number of aromatic nitrogens is 3. The Balaban J connectivity index is 2.12. The highest BCUT2D eigenvalue weighted by molar-refractivity contribution is 5.95. The molecule has 0 aliphatic rings. The molecule has 0 unspecified atom stereocenters. The van der Waals surface area contributed by atoms with Gasteiger partial charge in [0, 0.05) is 25.5 Å². The monoisotopic (exact) mass is 290 g/mol. The number of ether oxygens (including phenoxy) is 1. The normalized spacial score (nSPS) is 10.6. The van der Waals surface area contributed by atoms with Crippen molar-refractivity contribution in [2.24, 2.45) is 0 Å². The Morgan fingerprint density at radius 1 is 1.48 bits per heavy atom. The molecular formula is C14H18N4O3. The van der Waals surface area contributed by atoms with Crippen molar-refractivity contribution in [2.75, 3.05) is 13.7 Å². The van der Waals surface area contributed by atoms with Gasteiger partial charge in [0.2, 0.25) is 5.89 Å². The molecule has 21 heavy (non-hydrogen) atoms. The summed E-state index contributed by atoms with van der Waals surface area (Å²) in [6, 6.07) is 3.51. The third kappa shape index (κ3) is 3.63. The largest absolute Gasteiger partial charge is 0.377 e. The van der Waals surface area contributed by atoms with Gasteiger partial charge in [0.1, 0.15) is 13.2 Å². The summed E-state index contributed by atoms with van der Waals surface area (Å²) in [6.07, 6.45) is 1.66. The van der Waals surface area contributed by atoms with Gasteiger partial charge in [-0.25, -0.2) is 0 Å².